The second kappa shape index (κ2) is 7.14. The standard InChI is InChI=1S/C22H26N2O3/c1-15-12-18(16(2)24(15)19-6-7-19)5-9-22(25)23(3)14-17-4-8-20-21(13-17)27-11-10-26-20/h4-5,8-9,12-13,19H,6-7,10-11,14H2,1-3H3/b9-5+. The lowest BCUT2D eigenvalue weighted by molar-refractivity contribution is -0.125. The van der Waals surface area contributed by atoms with Crippen molar-refractivity contribution in [2.24, 2.45) is 0 Å². The van der Waals surface area contributed by atoms with Gasteiger partial charge in [-0.3, -0.25) is 4.79 Å². The second-order valence-electron chi connectivity index (χ2n) is 7.43. The SMILES string of the molecule is Cc1cc(/C=C/C(=O)N(C)Cc2ccc3c(c2)OCCO3)c(C)n1C1CC1. The summed E-state index contributed by atoms with van der Waals surface area (Å²) < 4.78 is 13.6. The van der Waals surface area contributed by atoms with E-state index >= 15 is 0 Å². The molecule has 5 heteroatoms. The number of fused-ring (bicyclic) bond motifs is 1. The third kappa shape index (κ3) is 3.72. The molecule has 0 bridgehead atoms. The van der Waals surface area contributed by atoms with E-state index in [1.54, 1.807) is 11.0 Å². The summed E-state index contributed by atoms with van der Waals surface area (Å²) in [6.45, 7) is 5.94. The molecular weight excluding hydrogens is 340 g/mol. The minimum atomic E-state index is -0.0129. The predicted molar refractivity (Wildman–Crippen MR) is 105 cm³/mol. The zero-order valence-electron chi connectivity index (χ0n) is 16.2. The Hall–Kier alpha value is -2.69. The van der Waals surface area contributed by atoms with Crippen LogP contribution in [0.5, 0.6) is 11.5 Å². The quantitative estimate of drug-likeness (QED) is 0.754. The summed E-state index contributed by atoms with van der Waals surface area (Å²) in [4.78, 5) is 14.2. The monoisotopic (exact) mass is 366 g/mol. The molecule has 1 aliphatic carbocycles. The number of hydrogen-bond acceptors (Lipinski definition) is 3. The van der Waals surface area contributed by atoms with Crippen molar-refractivity contribution in [3.63, 3.8) is 0 Å². The van der Waals surface area contributed by atoms with E-state index in [0.29, 0.717) is 25.8 Å². The molecule has 2 aliphatic rings. The number of hydrogen-bond donors (Lipinski definition) is 0. The zero-order chi connectivity index (χ0) is 19.0. The van der Waals surface area contributed by atoms with E-state index in [0.717, 1.165) is 22.6 Å². The lowest BCUT2D eigenvalue weighted by Gasteiger charge is -2.20. The summed E-state index contributed by atoms with van der Waals surface area (Å²) in [6, 6.07) is 8.65. The van der Waals surface area contributed by atoms with Gasteiger partial charge in [0.2, 0.25) is 5.91 Å². The van der Waals surface area contributed by atoms with Crippen molar-refractivity contribution in [3.05, 3.63) is 52.9 Å². The van der Waals surface area contributed by atoms with Gasteiger partial charge in [-0.05, 0) is 62.1 Å². The molecule has 0 saturated heterocycles. The highest BCUT2D eigenvalue weighted by molar-refractivity contribution is 5.91. The van der Waals surface area contributed by atoms with E-state index in [9.17, 15) is 4.79 Å². The van der Waals surface area contributed by atoms with Crippen LogP contribution in [0.2, 0.25) is 0 Å². The Kier molecular flexibility index (Phi) is 4.68. The molecule has 142 valence electrons. The van der Waals surface area contributed by atoms with Crippen LogP contribution in [0, 0.1) is 13.8 Å². The molecule has 0 radical (unpaired) electrons. The molecule has 0 spiro atoms. The molecule has 1 aromatic heterocycles. The first kappa shape index (κ1) is 17.7. The summed E-state index contributed by atoms with van der Waals surface area (Å²) in [5.41, 5.74) is 4.66. The average Bonchev–Trinajstić information content (AvgIpc) is 3.45. The van der Waals surface area contributed by atoms with E-state index in [-0.39, 0.29) is 5.91 Å². The molecule has 1 fully saturated rings. The molecule has 0 atom stereocenters. The molecule has 1 aliphatic heterocycles. The van der Waals surface area contributed by atoms with Crippen molar-refractivity contribution in [1.82, 2.24) is 9.47 Å². The fourth-order valence-corrected chi connectivity index (χ4v) is 3.69. The van der Waals surface area contributed by atoms with Gasteiger partial charge in [0.1, 0.15) is 13.2 Å². The number of carbonyl (C=O) groups is 1. The molecule has 27 heavy (non-hydrogen) atoms. The normalized spacial score (nSPS) is 16.0. The van der Waals surface area contributed by atoms with Crippen molar-refractivity contribution >= 4 is 12.0 Å². The summed E-state index contributed by atoms with van der Waals surface area (Å²) in [5, 5.41) is 0. The van der Waals surface area contributed by atoms with Gasteiger partial charge < -0.3 is 18.9 Å². The van der Waals surface area contributed by atoms with Crippen LogP contribution in [0.1, 0.15) is 41.4 Å². The molecule has 2 heterocycles. The third-order valence-electron chi connectivity index (χ3n) is 5.24. The highest BCUT2D eigenvalue weighted by Gasteiger charge is 2.26. The van der Waals surface area contributed by atoms with Crippen LogP contribution in [0.25, 0.3) is 6.08 Å². The zero-order valence-corrected chi connectivity index (χ0v) is 16.2. The van der Waals surface area contributed by atoms with Gasteiger partial charge in [-0.2, -0.15) is 0 Å². The van der Waals surface area contributed by atoms with Gasteiger partial charge in [0.15, 0.2) is 11.5 Å². The van der Waals surface area contributed by atoms with E-state index in [1.165, 1.54) is 24.2 Å². The Morgan fingerprint density at radius 2 is 1.93 bits per heavy atom. The van der Waals surface area contributed by atoms with Crippen molar-refractivity contribution in [1.29, 1.82) is 0 Å². The van der Waals surface area contributed by atoms with Gasteiger partial charge in [-0.1, -0.05) is 6.07 Å². The van der Waals surface area contributed by atoms with Crippen LogP contribution in [-0.4, -0.2) is 35.6 Å². The van der Waals surface area contributed by atoms with Gasteiger partial charge in [0.05, 0.1) is 0 Å². The molecule has 1 aromatic carbocycles. The third-order valence-corrected chi connectivity index (χ3v) is 5.24. The Bertz CT molecular complexity index is 893. The van der Waals surface area contributed by atoms with E-state index in [4.69, 9.17) is 9.47 Å². The number of nitrogens with zero attached hydrogens (tertiary/aromatic N) is 2. The van der Waals surface area contributed by atoms with Gasteiger partial charge in [-0.25, -0.2) is 0 Å². The number of ether oxygens (including phenoxy) is 2. The maximum atomic E-state index is 12.5. The summed E-state index contributed by atoms with van der Waals surface area (Å²) in [6.07, 6.45) is 6.12. The second-order valence-corrected chi connectivity index (χ2v) is 7.43. The highest BCUT2D eigenvalue weighted by Crippen LogP contribution is 2.38. The first-order valence-corrected chi connectivity index (χ1v) is 9.53. The number of amides is 1. The van der Waals surface area contributed by atoms with E-state index in [2.05, 4.69) is 24.5 Å². The average molecular weight is 366 g/mol. The summed E-state index contributed by atoms with van der Waals surface area (Å²) in [7, 11) is 1.82. The first-order valence-electron chi connectivity index (χ1n) is 9.53. The number of carbonyl (C=O) groups excluding carboxylic acids is 1. The van der Waals surface area contributed by atoms with Crippen LogP contribution in [0.3, 0.4) is 0 Å². The molecular formula is C22H26N2O3. The molecule has 1 amide bonds. The lowest BCUT2D eigenvalue weighted by Crippen LogP contribution is -2.24. The molecule has 5 nitrogen and oxygen atoms in total. The topological polar surface area (TPSA) is 43.7 Å². The van der Waals surface area contributed by atoms with Gasteiger partial charge in [0.25, 0.3) is 0 Å². The molecule has 4 rings (SSSR count). The highest BCUT2D eigenvalue weighted by atomic mass is 16.6. The molecule has 0 N–H and O–H groups in total. The molecule has 0 unspecified atom stereocenters. The number of benzene rings is 1. The van der Waals surface area contributed by atoms with E-state index < -0.39 is 0 Å². The van der Waals surface area contributed by atoms with Crippen LogP contribution in [0.4, 0.5) is 0 Å². The maximum absolute atomic E-state index is 12.5. The van der Waals surface area contributed by atoms with Crippen molar-refractivity contribution < 1.29 is 14.3 Å². The van der Waals surface area contributed by atoms with Crippen LogP contribution < -0.4 is 9.47 Å². The fraction of sp³-hybridized carbons (Fsp3) is 0.409. The van der Waals surface area contributed by atoms with Crippen molar-refractivity contribution in [2.45, 2.75) is 39.3 Å². The summed E-state index contributed by atoms with van der Waals surface area (Å²) in [5.74, 6) is 1.51. The number of rotatable bonds is 5. The van der Waals surface area contributed by atoms with Gasteiger partial charge >= 0.3 is 0 Å². The molecule has 2 aromatic rings. The lowest BCUT2D eigenvalue weighted by atomic mass is 10.1. The molecule has 1 saturated carbocycles. The van der Waals surface area contributed by atoms with Crippen LogP contribution in [-0.2, 0) is 11.3 Å². The Balaban J connectivity index is 1.42. The Labute approximate surface area is 160 Å². The van der Waals surface area contributed by atoms with Gasteiger partial charge in [-0.15, -0.1) is 0 Å². The Morgan fingerprint density at radius 3 is 2.67 bits per heavy atom. The van der Waals surface area contributed by atoms with Crippen molar-refractivity contribution in [2.75, 3.05) is 20.3 Å². The van der Waals surface area contributed by atoms with Crippen LogP contribution >= 0.6 is 0 Å². The number of likely N-dealkylation sites (N-methyl/N-ethyl adjacent to an activating group) is 1. The van der Waals surface area contributed by atoms with E-state index in [1.807, 2.05) is 31.3 Å². The minimum Gasteiger partial charge on any atom is -0.486 e. The van der Waals surface area contributed by atoms with Crippen molar-refractivity contribution in [3.8, 4) is 11.5 Å². The maximum Gasteiger partial charge on any atom is 0.246 e. The first-order chi connectivity index (χ1) is 13.0. The fourth-order valence-electron chi connectivity index (χ4n) is 3.69. The smallest absolute Gasteiger partial charge is 0.246 e. The Morgan fingerprint density at radius 1 is 1.19 bits per heavy atom. The predicted octanol–water partition coefficient (Wildman–Crippen LogP) is 3.88. The summed E-state index contributed by atoms with van der Waals surface area (Å²) >= 11 is 0. The van der Waals surface area contributed by atoms with Crippen LogP contribution in [0.15, 0.2) is 30.3 Å². The van der Waals surface area contributed by atoms with Gasteiger partial charge in [0, 0.05) is 37.1 Å². The largest absolute Gasteiger partial charge is 0.486 e. The number of aromatic nitrogens is 1. The number of aryl methyl sites for hydroxylation is 1. The minimum absolute atomic E-state index is 0.0129.